The predicted molar refractivity (Wildman–Crippen MR) is 112 cm³/mol. The lowest BCUT2D eigenvalue weighted by molar-refractivity contribution is -0.121. The van der Waals surface area contributed by atoms with Gasteiger partial charge in [-0.05, 0) is 41.8 Å². The normalized spacial score (nSPS) is 16.5. The number of likely N-dealkylation sites (N-methyl/N-ethyl adjacent to an activating group) is 1. The van der Waals surface area contributed by atoms with Crippen molar-refractivity contribution in [3.05, 3.63) is 77.0 Å². The first kappa shape index (κ1) is 19.1. The van der Waals surface area contributed by atoms with Gasteiger partial charge in [0.15, 0.2) is 0 Å². The number of nitrogens with zero attached hydrogens (tertiary/aromatic N) is 2. The second-order valence-electron chi connectivity index (χ2n) is 7.49. The van der Waals surface area contributed by atoms with E-state index in [0.717, 1.165) is 34.3 Å². The van der Waals surface area contributed by atoms with Crippen LogP contribution in [0, 0.1) is 6.92 Å². The van der Waals surface area contributed by atoms with E-state index in [0.29, 0.717) is 13.0 Å². The van der Waals surface area contributed by atoms with Crippen LogP contribution in [0.15, 0.2) is 54.6 Å². The van der Waals surface area contributed by atoms with E-state index in [1.54, 1.807) is 7.05 Å². The van der Waals surface area contributed by atoms with Crippen molar-refractivity contribution in [3.63, 3.8) is 0 Å². The number of amides is 3. The Morgan fingerprint density at radius 1 is 1.07 bits per heavy atom. The zero-order valence-corrected chi connectivity index (χ0v) is 16.6. The number of rotatable bonds is 6. The van der Waals surface area contributed by atoms with Crippen molar-refractivity contribution in [1.29, 1.82) is 0 Å². The molecule has 1 aromatic heterocycles. The fraction of sp³-hybridized carbons (Fsp3) is 0.261. The van der Waals surface area contributed by atoms with E-state index < -0.39 is 6.04 Å². The molecule has 3 aromatic rings. The van der Waals surface area contributed by atoms with E-state index in [1.807, 2.05) is 31.2 Å². The molecule has 3 amide bonds. The summed E-state index contributed by atoms with van der Waals surface area (Å²) in [5.41, 5.74) is 5.29. The molecule has 0 bridgehead atoms. The molecular formula is C23H24N4O2. The van der Waals surface area contributed by atoms with Gasteiger partial charge in [-0.2, -0.15) is 0 Å². The van der Waals surface area contributed by atoms with Crippen molar-refractivity contribution in [2.24, 2.45) is 0 Å². The minimum Gasteiger partial charge on any atom is -0.315 e. The number of nitrogens with one attached hydrogen (secondary N) is 2. The Morgan fingerprint density at radius 2 is 1.86 bits per heavy atom. The van der Waals surface area contributed by atoms with E-state index in [-0.39, 0.29) is 11.9 Å². The minimum absolute atomic E-state index is 0.241. The first-order valence-corrected chi connectivity index (χ1v) is 9.73. The minimum atomic E-state index is -0.465. The summed E-state index contributed by atoms with van der Waals surface area (Å²) in [5.74, 6) is -0.241. The second kappa shape index (κ2) is 8.01. The van der Waals surface area contributed by atoms with Gasteiger partial charge in [0.25, 0.3) is 5.91 Å². The smallest absolute Gasteiger partial charge is 0.315 e. The number of pyridine rings is 1. The lowest BCUT2D eigenvalue weighted by atomic mass is 9.98. The van der Waals surface area contributed by atoms with Crippen LogP contribution in [0.3, 0.4) is 0 Å². The molecular weight excluding hydrogens is 364 g/mol. The number of carbonyl (C=O) groups is 2. The molecule has 1 aliphatic heterocycles. The molecule has 0 radical (unpaired) electrons. The summed E-state index contributed by atoms with van der Waals surface area (Å²) in [6.07, 6.45) is 0.496. The number of benzene rings is 2. The first-order chi connectivity index (χ1) is 14.0. The van der Waals surface area contributed by atoms with Gasteiger partial charge in [0, 0.05) is 31.9 Å². The quantitative estimate of drug-likeness (QED) is 0.637. The zero-order valence-electron chi connectivity index (χ0n) is 16.6. The van der Waals surface area contributed by atoms with Crippen LogP contribution in [-0.4, -0.2) is 34.9 Å². The SMILES string of the molecule is Cc1cc2nc(CNCc3ccccc3)ccc2cc1CC1C(=O)NC(=O)N1C. The summed E-state index contributed by atoms with van der Waals surface area (Å²) in [4.78, 5) is 29.9. The summed E-state index contributed by atoms with van der Waals surface area (Å²) >= 11 is 0. The maximum Gasteiger partial charge on any atom is 0.324 e. The maximum absolute atomic E-state index is 12.0. The summed E-state index contributed by atoms with van der Waals surface area (Å²) in [6, 6.07) is 17.7. The van der Waals surface area contributed by atoms with Crippen LogP contribution in [0.5, 0.6) is 0 Å². The third-order valence-electron chi connectivity index (χ3n) is 5.42. The maximum atomic E-state index is 12.0. The average molecular weight is 388 g/mol. The molecule has 1 atom stereocenters. The molecule has 0 saturated carbocycles. The molecule has 148 valence electrons. The van der Waals surface area contributed by atoms with E-state index >= 15 is 0 Å². The molecule has 2 aromatic carbocycles. The van der Waals surface area contributed by atoms with Crippen molar-refractivity contribution in [2.45, 2.75) is 32.5 Å². The van der Waals surface area contributed by atoms with Gasteiger partial charge in [0.2, 0.25) is 0 Å². The van der Waals surface area contributed by atoms with E-state index in [9.17, 15) is 9.59 Å². The number of aromatic nitrogens is 1. The van der Waals surface area contributed by atoms with E-state index in [4.69, 9.17) is 4.98 Å². The zero-order chi connectivity index (χ0) is 20.4. The summed E-state index contributed by atoms with van der Waals surface area (Å²) in [6.45, 7) is 3.51. The number of hydrogen-bond acceptors (Lipinski definition) is 4. The average Bonchev–Trinajstić information content (AvgIpc) is 2.95. The number of hydrogen-bond donors (Lipinski definition) is 2. The Labute approximate surface area is 169 Å². The highest BCUT2D eigenvalue weighted by Gasteiger charge is 2.35. The van der Waals surface area contributed by atoms with Gasteiger partial charge in [0.1, 0.15) is 6.04 Å². The Morgan fingerprint density at radius 3 is 2.59 bits per heavy atom. The van der Waals surface area contributed by atoms with E-state index in [2.05, 4.69) is 41.0 Å². The van der Waals surface area contributed by atoms with Gasteiger partial charge < -0.3 is 10.2 Å². The van der Waals surface area contributed by atoms with Crippen molar-refractivity contribution < 1.29 is 9.59 Å². The predicted octanol–water partition coefficient (Wildman–Crippen LogP) is 2.93. The molecule has 6 nitrogen and oxygen atoms in total. The number of urea groups is 1. The van der Waals surface area contributed by atoms with Crippen LogP contribution in [-0.2, 0) is 24.3 Å². The number of imide groups is 1. The van der Waals surface area contributed by atoms with Crippen LogP contribution in [0.2, 0.25) is 0 Å². The Hall–Kier alpha value is -3.25. The highest BCUT2D eigenvalue weighted by atomic mass is 16.2. The van der Waals surface area contributed by atoms with Crippen LogP contribution in [0.1, 0.15) is 22.4 Å². The molecule has 2 N–H and O–H groups in total. The standard InChI is InChI=1S/C23H24N4O2/c1-15-10-20-17(11-18(15)12-21-22(28)26-23(29)27(21)2)8-9-19(25-20)14-24-13-16-6-4-3-5-7-16/h3-11,21,24H,12-14H2,1-2H3,(H,26,28,29). The van der Waals surface area contributed by atoms with Gasteiger partial charge in [0.05, 0.1) is 11.2 Å². The lowest BCUT2D eigenvalue weighted by Crippen LogP contribution is -2.33. The Kier molecular flexibility index (Phi) is 5.27. The molecule has 1 fully saturated rings. The Balaban J connectivity index is 1.48. The molecule has 0 aliphatic carbocycles. The van der Waals surface area contributed by atoms with Gasteiger partial charge >= 0.3 is 6.03 Å². The van der Waals surface area contributed by atoms with Gasteiger partial charge in [-0.3, -0.25) is 15.1 Å². The molecule has 4 rings (SSSR count). The number of carbonyl (C=O) groups excluding carboxylic acids is 2. The van der Waals surface area contributed by atoms with Gasteiger partial charge in [-0.1, -0.05) is 36.4 Å². The lowest BCUT2D eigenvalue weighted by Gasteiger charge is -2.18. The first-order valence-electron chi connectivity index (χ1n) is 9.73. The Bertz CT molecular complexity index is 1070. The molecule has 6 heteroatoms. The molecule has 1 aliphatic rings. The molecule has 1 unspecified atom stereocenters. The summed E-state index contributed by atoms with van der Waals surface area (Å²) in [5, 5.41) is 6.82. The highest BCUT2D eigenvalue weighted by Crippen LogP contribution is 2.22. The fourth-order valence-electron chi connectivity index (χ4n) is 3.65. The van der Waals surface area contributed by atoms with Crippen LogP contribution < -0.4 is 10.6 Å². The number of aryl methyl sites for hydroxylation is 1. The van der Waals surface area contributed by atoms with Crippen molar-refractivity contribution in [1.82, 2.24) is 20.5 Å². The fourth-order valence-corrected chi connectivity index (χ4v) is 3.65. The second-order valence-corrected chi connectivity index (χ2v) is 7.49. The van der Waals surface area contributed by atoms with Crippen LogP contribution in [0.25, 0.3) is 10.9 Å². The largest absolute Gasteiger partial charge is 0.324 e. The highest BCUT2D eigenvalue weighted by molar-refractivity contribution is 6.04. The van der Waals surface area contributed by atoms with Crippen molar-refractivity contribution in [2.75, 3.05) is 7.05 Å². The van der Waals surface area contributed by atoms with Gasteiger partial charge in [-0.15, -0.1) is 0 Å². The topological polar surface area (TPSA) is 74.3 Å². The van der Waals surface area contributed by atoms with Crippen LogP contribution >= 0.6 is 0 Å². The number of fused-ring (bicyclic) bond motifs is 1. The molecule has 2 heterocycles. The van der Waals surface area contributed by atoms with Crippen LogP contribution in [0.4, 0.5) is 4.79 Å². The molecule has 1 saturated heterocycles. The van der Waals surface area contributed by atoms with E-state index in [1.165, 1.54) is 10.5 Å². The monoisotopic (exact) mass is 388 g/mol. The molecule has 29 heavy (non-hydrogen) atoms. The summed E-state index contributed by atoms with van der Waals surface area (Å²) < 4.78 is 0. The third kappa shape index (κ3) is 4.12. The molecule has 0 spiro atoms. The summed E-state index contributed by atoms with van der Waals surface area (Å²) in [7, 11) is 1.65. The van der Waals surface area contributed by atoms with Crippen molar-refractivity contribution in [3.8, 4) is 0 Å². The van der Waals surface area contributed by atoms with Gasteiger partial charge in [-0.25, -0.2) is 4.79 Å². The third-order valence-corrected chi connectivity index (χ3v) is 5.42. The van der Waals surface area contributed by atoms with Crippen molar-refractivity contribution >= 4 is 22.8 Å².